The average Bonchev–Trinajstić information content (AvgIpc) is 2.42. The van der Waals surface area contributed by atoms with Gasteiger partial charge in [-0.25, -0.2) is 0 Å². The molecule has 0 bridgehead atoms. The van der Waals surface area contributed by atoms with Gasteiger partial charge in [0.15, 0.2) is 0 Å². The van der Waals surface area contributed by atoms with Crippen LogP contribution in [0.4, 0.5) is 0 Å². The first kappa shape index (κ1) is 14.5. The van der Waals surface area contributed by atoms with Gasteiger partial charge in [0.2, 0.25) is 5.91 Å². The average molecular weight is 245 g/mol. The highest BCUT2D eigenvalue weighted by Gasteiger charge is 2.10. The zero-order chi connectivity index (χ0) is 13.2. The maximum atomic E-state index is 12.1. The van der Waals surface area contributed by atoms with E-state index in [0.717, 1.165) is 25.8 Å². The molecule has 1 amide bonds. The molecule has 0 aliphatic rings. The van der Waals surface area contributed by atoms with E-state index in [4.69, 9.17) is 0 Å². The van der Waals surface area contributed by atoms with Crippen molar-refractivity contribution in [1.29, 1.82) is 0 Å². The molecular weight excluding hydrogens is 222 g/mol. The largest absolute Gasteiger partial charge is 0.335 e. The molecule has 0 aliphatic carbocycles. The zero-order valence-corrected chi connectivity index (χ0v) is 11.4. The lowest BCUT2D eigenvalue weighted by Gasteiger charge is -2.21. The monoisotopic (exact) mass is 245 g/mol. The van der Waals surface area contributed by atoms with Crippen LogP contribution >= 0.6 is 0 Å². The molecule has 0 spiro atoms. The molecule has 1 aromatic carbocycles. The number of carbonyl (C=O) groups excluding carboxylic acids is 1. The Balaban J connectivity index is 2.66. The SMILES string of the molecule is CC/C=C/C(=O)N(CCCC)Cc1ccccc1. The highest BCUT2D eigenvalue weighted by molar-refractivity contribution is 5.87. The van der Waals surface area contributed by atoms with Gasteiger partial charge in [0.05, 0.1) is 0 Å². The third-order valence-electron chi connectivity index (χ3n) is 2.81. The Hall–Kier alpha value is -1.57. The van der Waals surface area contributed by atoms with E-state index in [-0.39, 0.29) is 5.91 Å². The van der Waals surface area contributed by atoms with E-state index in [0.29, 0.717) is 6.54 Å². The van der Waals surface area contributed by atoms with Gasteiger partial charge >= 0.3 is 0 Å². The summed E-state index contributed by atoms with van der Waals surface area (Å²) in [5, 5.41) is 0. The molecule has 98 valence electrons. The molecule has 0 saturated carbocycles. The Morgan fingerprint density at radius 1 is 1.22 bits per heavy atom. The van der Waals surface area contributed by atoms with Crippen molar-refractivity contribution < 1.29 is 4.79 Å². The van der Waals surface area contributed by atoms with Crippen molar-refractivity contribution in [2.75, 3.05) is 6.54 Å². The van der Waals surface area contributed by atoms with E-state index < -0.39 is 0 Å². The lowest BCUT2D eigenvalue weighted by molar-refractivity contribution is -0.126. The fourth-order valence-electron chi connectivity index (χ4n) is 1.74. The Kier molecular flexibility index (Phi) is 6.85. The lowest BCUT2D eigenvalue weighted by atomic mass is 10.2. The van der Waals surface area contributed by atoms with Gasteiger partial charge in [-0.1, -0.05) is 56.7 Å². The molecule has 0 atom stereocenters. The minimum Gasteiger partial charge on any atom is -0.335 e. The van der Waals surface area contributed by atoms with Crippen LogP contribution in [0.5, 0.6) is 0 Å². The van der Waals surface area contributed by atoms with E-state index in [1.54, 1.807) is 6.08 Å². The first-order chi connectivity index (χ1) is 8.77. The van der Waals surface area contributed by atoms with Crippen molar-refractivity contribution in [3.05, 3.63) is 48.0 Å². The second-order valence-corrected chi connectivity index (χ2v) is 4.41. The van der Waals surface area contributed by atoms with Gasteiger partial charge in [-0.3, -0.25) is 4.79 Å². The van der Waals surface area contributed by atoms with Gasteiger partial charge in [0.1, 0.15) is 0 Å². The predicted molar refractivity (Wildman–Crippen MR) is 76.2 cm³/mol. The number of nitrogens with zero attached hydrogens (tertiary/aromatic N) is 1. The highest BCUT2D eigenvalue weighted by atomic mass is 16.2. The van der Waals surface area contributed by atoms with E-state index in [1.807, 2.05) is 36.1 Å². The van der Waals surface area contributed by atoms with Crippen LogP contribution in [0.2, 0.25) is 0 Å². The van der Waals surface area contributed by atoms with Gasteiger partial charge in [-0.15, -0.1) is 0 Å². The number of unbranched alkanes of at least 4 members (excludes halogenated alkanes) is 1. The van der Waals surface area contributed by atoms with Crippen molar-refractivity contribution in [1.82, 2.24) is 4.90 Å². The summed E-state index contributed by atoms with van der Waals surface area (Å²) < 4.78 is 0. The normalized spacial score (nSPS) is 10.8. The summed E-state index contributed by atoms with van der Waals surface area (Å²) in [6.45, 7) is 5.72. The van der Waals surface area contributed by atoms with Crippen molar-refractivity contribution in [3.63, 3.8) is 0 Å². The van der Waals surface area contributed by atoms with Gasteiger partial charge in [0, 0.05) is 13.1 Å². The summed E-state index contributed by atoms with van der Waals surface area (Å²) in [5.41, 5.74) is 1.19. The van der Waals surface area contributed by atoms with Gasteiger partial charge in [0.25, 0.3) is 0 Å². The summed E-state index contributed by atoms with van der Waals surface area (Å²) in [4.78, 5) is 14.0. The van der Waals surface area contributed by atoms with Crippen LogP contribution in [-0.4, -0.2) is 17.4 Å². The topological polar surface area (TPSA) is 20.3 Å². The number of hydrogen-bond acceptors (Lipinski definition) is 1. The molecule has 1 rings (SSSR count). The van der Waals surface area contributed by atoms with Crippen LogP contribution in [0.1, 0.15) is 38.7 Å². The van der Waals surface area contributed by atoms with E-state index in [2.05, 4.69) is 19.1 Å². The molecule has 0 aromatic heterocycles. The maximum absolute atomic E-state index is 12.1. The Bertz CT molecular complexity index is 370. The van der Waals surface area contributed by atoms with Crippen LogP contribution < -0.4 is 0 Å². The molecule has 2 heteroatoms. The maximum Gasteiger partial charge on any atom is 0.246 e. The summed E-state index contributed by atoms with van der Waals surface area (Å²) in [6, 6.07) is 10.2. The van der Waals surface area contributed by atoms with Gasteiger partial charge < -0.3 is 4.90 Å². The Morgan fingerprint density at radius 3 is 2.56 bits per heavy atom. The van der Waals surface area contributed by atoms with Crippen LogP contribution in [0, 0.1) is 0 Å². The summed E-state index contributed by atoms with van der Waals surface area (Å²) in [5.74, 6) is 0.120. The Labute approximate surface area is 110 Å². The fraction of sp³-hybridized carbons (Fsp3) is 0.438. The molecule has 0 radical (unpaired) electrons. The van der Waals surface area contributed by atoms with Crippen molar-refractivity contribution in [2.45, 2.75) is 39.7 Å². The number of carbonyl (C=O) groups is 1. The first-order valence-corrected chi connectivity index (χ1v) is 6.77. The predicted octanol–water partition coefficient (Wildman–Crippen LogP) is 3.78. The number of allylic oxidation sites excluding steroid dienone is 1. The molecule has 1 aromatic rings. The van der Waals surface area contributed by atoms with Crippen molar-refractivity contribution in [3.8, 4) is 0 Å². The van der Waals surface area contributed by atoms with E-state index >= 15 is 0 Å². The molecule has 0 fully saturated rings. The van der Waals surface area contributed by atoms with Gasteiger partial charge in [-0.05, 0) is 24.5 Å². The van der Waals surface area contributed by atoms with Crippen LogP contribution in [-0.2, 0) is 11.3 Å². The second-order valence-electron chi connectivity index (χ2n) is 4.41. The zero-order valence-electron chi connectivity index (χ0n) is 11.4. The van der Waals surface area contributed by atoms with E-state index in [1.165, 1.54) is 5.56 Å². The van der Waals surface area contributed by atoms with Crippen molar-refractivity contribution in [2.24, 2.45) is 0 Å². The van der Waals surface area contributed by atoms with Crippen LogP contribution in [0.3, 0.4) is 0 Å². The molecule has 0 heterocycles. The quantitative estimate of drug-likeness (QED) is 0.669. The Morgan fingerprint density at radius 2 is 1.94 bits per heavy atom. The number of rotatable bonds is 7. The number of hydrogen-bond donors (Lipinski definition) is 0. The second kappa shape index (κ2) is 8.51. The highest BCUT2D eigenvalue weighted by Crippen LogP contribution is 2.07. The molecule has 18 heavy (non-hydrogen) atoms. The third-order valence-corrected chi connectivity index (χ3v) is 2.81. The molecular formula is C16H23NO. The molecule has 0 N–H and O–H groups in total. The minimum atomic E-state index is 0.120. The lowest BCUT2D eigenvalue weighted by Crippen LogP contribution is -2.30. The summed E-state index contributed by atoms with van der Waals surface area (Å²) in [6.07, 6.45) is 6.68. The smallest absolute Gasteiger partial charge is 0.246 e. The van der Waals surface area contributed by atoms with Gasteiger partial charge in [-0.2, -0.15) is 0 Å². The summed E-state index contributed by atoms with van der Waals surface area (Å²) in [7, 11) is 0. The number of benzene rings is 1. The molecule has 0 saturated heterocycles. The van der Waals surface area contributed by atoms with Crippen LogP contribution in [0.15, 0.2) is 42.5 Å². The number of amides is 1. The third kappa shape index (κ3) is 5.17. The molecule has 0 unspecified atom stereocenters. The van der Waals surface area contributed by atoms with Crippen LogP contribution in [0.25, 0.3) is 0 Å². The molecule has 0 aliphatic heterocycles. The summed E-state index contributed by atoms with van der Waals surface area (Å²) >= 11 is 0. The minimum absolute atomic E-state index is 0.120. The van der Waals surface area contributed by atoms with Crippen molar-refractivity contribution >= 4 is 5.91 Å². The molecule has 2 nitrogen and oxygen atoms in total. The standard InChI is InChI=1S/C16H23NO/c1-3-5-12-16(18)17(13-6-4-2)14-15-10-8-7-9-11-15/h5,7-12H,3-4,6,13-14H2,1-2H3/b12-5+. The van der Waals surface area contributed by atoms with E-state index in [9.17, 15) is 4.79 Å². The first-order valence-electron chi connectivity index (χ1n) is 6.77. The fourth-order valence-corrected chi connectivity index (χ4v) is 1.74.